The van der Waals surface area contributed by atoms with E-state index < -0.39 is 17.4 Å². The van der Waals surface area contributed by atoms with Gasteiger partial charge in [-0.2, -0.15) is 0 Å². The Hall–Kier alpha value is -3.09. The maximum atomic E-state index is 15.1. The normalized spacial score (nSPS) is 22.5. The molecule has 0 bridgehead atoms. The fourth-order valence-electron chi connectivity index (χ4n) is 5.65. The fourth-order valence-corrected chi connectivity index (χ4v) is 5.65. The number of nitrogens with one attached hydrogen (secondary N) is 1. The van der Waals surface area contributed by atoms with Crippen LogP contribution in [0.2, 0.25) is 0 Å². The zero-order chi connectivity index (χ0) is 26.4. The van der Waals surface area contributed by atoms with Crippen LogP contribution in [0.15, 0.2) is 29.4 Å². The van der Waals surface area contributed by atoms with Gasteiger partial charge in [0.05, 0.1) is 23.5 Å². The van der Waals surface area contributed by atoms with E-state index in [0.29, 0.717) is 57.0 Å². The molecule has 1 aromatic carbocycles. The van der Waals surface area contributed by atoms with E-state index in [4.69, 9.17) is 25.0 Å². The van der Waals surface area contributed by atoms with Gasteiger partial charge in [0.25, 0.3) is 0 Å². The largest absolute Gasteiger partial charge is 0.475 e. The highest BCUT2D eigenvalue weighted by Crippen LogP contribution is 2.44. The number of fused-ring (bicyclic) bond motifs is 6. The Morgan fingerprint density at radius 2 is 2.16 bits per heavy atom. The fraction of sp³-hybridized carbons (Fsp3) is 0.481. The van der Waals surface area contributed by atoms with Crippen LogP contribution in [0.1, 0.15) is 36.6 Å². The van der Waals surface area contributed by atoms with Crippen molar-refractivity contribution in [2.45, 2.75) is 38.5 Å². The maximum absolute atomic E-state index is 15.1. The number of cyclic esters (lactones) is 1. The molecule has 1 aromatic heterocycles. The molecule has 0 spiro atoms. The first-order valence-corrected chi connectivity index (χ1v) is 13.1. The number of hydrogen-bond acceptors (Lipinski definition) is 10. The van der Waals surface area contributed by atoms with Gasteiger partial charge in [0.1, 0.15) is 13.3 Å². The van der Waals surface area contributed by atoms with Gasteiger partial charge in [-0.3, -0.25) is 4.90 Å². The lowest BCUT2D eigenvalue weighted by Gasteiger charge is -2.37. The molecule has 4 aliphatic heterocycles. The van der Waals surface area contributed by atoms with E-state index in [1.54, 1.807) is 6.92 Å². The highest BCUT2D eigenvalue weighted by atomic mass is 19.1. The van der Waals surface area contributed by atoms with E-state index in [9.17, 15) is 9.90 Å². The first-order valence-electron chi connectivity index (χ1n) is 13.1. The summed E-state index contributed by atoms with van der Waals surface area (Å²) in [4.78, 5) is 26.9. The Morgan fingerprint density at radius 1 is 1.29 bits per heavy atom. The predicted octanol–water partition coefficient (Wildman–Crippen LogP) is 1.56. The Morgan fingerprint density at radius 3 is 2.97 bits per heavy atom. The van der Waals surface area contributed by atoms with Gasteiger partial charge >= 0.3 is 5.97 Å². The minimum Gasteiger partial charge on any atom is -0.475 e. The molecule has 0 unspecified atom stereocenters. The molecular weight excluding hydrogens is 493 g/mol. The number of esters is 1. The molecule has 0 amide bonds. The summed E-state index contributed by atoms with van der Waals surface area (Å²) in [6.45, 7) is 6.30. The first kappa shape index (κ1) is 25.2. The number of aliphatic hydroxyl groups is 1. The number of hydroxylamine groups is 1. The number of carbonyl (C=O) groups is 1. The average Bonchev–Trinajstić information content (AvgIpc) is 3.27. The van der Waals surface area contributed by atoms with E-state index >= 15 is 4.39 Å². The molecule has 4 N–H and O–H groups in total. The molecule has 0 saturated heterocycles. The van der Waals surface area contributed by atoms with E-state index in [1.807, 2.05) is 6.08 Å². The van der Waals surface area contributed by atoms with Gasteiger partial charge < -0.3 is 30.1 Å². The van der Waals surface area contributed by atoms with Crippen molar-refractivity contribution in [1.82, 2.24) is 20.3 Å². The standard InChI is InChI=1S/C27H32FN5O5/c1-2-27(35)20-9-23-24-16(11-33(23)12-17(20)14-36-26(27)34)8-18-19-13-32(6-5-30-38-7-3-4-29)15-37-25(19)21(28)10-22(18)31-24/h8-10,30,35H,2-7,11-15,29H2,1H3/t27-/m0/s1. The third kappa shape index (κ3) is 4.15. The van der Waals surface area contributed by atoms with E-state index in [2.05, 4.69) is 21.3 Å². The highest BCUT2D eigenvalue weighted by molar-refractivity contribution is 5.91. The minimum atomic E-state index is -1.66. The number of halogens is 1. The van der Waals surface area contributed by atoms with Crippen molar-refractivity contribution in [3.8, 4) is 5.75 Å². The Kier molecular flexibility index (Phi) is 6.57. The van der Waals surface area contributed by atoms with Crippen LogP contribution < -0.4 is 16.0 Å². The number of hydrogen-bond donors (Lipinski definition) is 3. The van der Waals surface area contributed by atoms with Crippen molar-refractivity contribution in [2.24, 2.45) is 5.73 Å². The van der Waals surface area contributed by atoms with Crippen molar-refractivity contribution in [3.05, 3.63) is 52.0 Å². The van der Waals surface area contributed by atoms with Crippen molar-refractivity contribution in [3.63, 3.8) is 0 Å². The lowest BCUT2D eigenvalue weighted by molar-refractivity contribution is -0.163. The van der Waals surface area contributed by atoms with Gasteiger partial charge in [0.2, 0.25) is 0 Å². The summed E-state index contributed by atoms with van der Waals surface area (Å²) in [5, 5.41) is 12.0. The van der Waals surface area contributed by atoms with Crippen LogP contribution in [0, 0.1) is 5.82 Å². The summed E-state index contributed by atoms with van der Waals surface area (Å²) in [6.07, 6.45) is 2.86. The van der Waals surface area contributed by atoms with E-state index in [0.717, 1.165) is 39.9 Å². The second kappa shape index (κ2) is 9.90. The molecule has 11 heteroatoms. The van der Waals surface area contributed by atoms with Crippen molar-refractivity contribution < 1.29 is 28.6 Å². The number of nitrogens with two attached hydrogens (primary N) is 1. The third-order valence-corrected chi connectivity index (χ3v) is 7.73. The minimum absolute atomic E-state index is 0.168. The average molecular weight is 526 g/mol. The second-order valence-corrected chi connectivity index (χ2v) is 10.1. The number of pyridine rings is 1. The van der Waals surface area contributed by atoms with Crippen LogP contribution in [0.25, 0.3) is 16.6 Å². The molecule has 202 valence electrons. The van der Waals surface area contributed by atoms with E-state index in [1.165, 1.54) is 6.07 Å². The van der Waals surface area contributed by atoms with Gasteiger partial charge in [-0.05, 0) is 42.7 Å². The Labute approximate surface area is 219 Å². The monoisotopic (exact) mass is 525 g/mol. The summed E-state index contributed by atoms with van der Waals surface area (Å²) >= 11 is 0. The molecule has 0 radical (unpaired) electrons. The molecule has 2 aromatic rings. The predicted molar refractivity (Wildman–Crippen MR) is 137 cm³/mol. The Balaban J connectivity index is 1.29. The molecular formula is C27H32FN5O5. The number of benzene rings is 1. The molecule has 1 atom stereocenters. The van der Waals surface area contributed by atoms with Crippen LogP contribution >= 0.6 is 0 Å². The maximum Gasteiger partial charge on any atom is 0.343 e. The zero-order valence-corrected chi connectivity index (χ0v) is 21.4. The lowest BCUT2D eigenvalue weighted by atomic mass is 9.83. The summed E-state index contributed by atoms with van der Waals surface area (Å²) in [5.74, 6) is -0.779. The number of ether oxygens (including phenoxy) is 2. The number of aromatic nitrogens is 1. The van der Waals surface area contributed by atoms with Gasteiger partial charge in [-0.25, -0.2) is 19.6 Å². The van der Waals surface area contributed by atoms with Crippen molar-refractivity contribution >= 4 is 22.6 Å². The van der Waals surface area contributed by atoms with Crippen LogP contribution in [-0.4, -0.2) is 77.6 Å². The summed E-state index contributed by atoms with van der Waals surface area (Å²) in [5.41, 5.74) is 12.1. The molecule has 0 saturated carbocycles. The number of nitrogens with zero attached hydrogens (tertiary/aromatic N) is 3. The highest BCUT2D eigenvalue weighted by Gasteiger charge is 2.46. The van der Waals surface area contributed by atoms with E-state index in [-0.39, 0.29) is 25.5 Å². The molecule has 6 rings (SSSR count). The second-order valence-electron chi connectivity index (χ2n) is 10.1. The smallest absolute Gasteiger partial charge is 0.343 e. The van der Waals surface area contributed by atoms with Gasteiger partial charge in [-0.15, -0.1) is 0 Å². The molecule has 5 heterocycles. The Bertz CT molecular complexity index is 1360. The van der Waals surface area contributed by atoms with Crippen molar-refractivity contribution in [2.75, 3.05) is 46.1 Å². The summed E-state index contributed by atoms with van der Waals surface area (Å²) in [7, 11) is 0. The summed E-state index contributed by atoms with van der Waals surface area (Å²) in [6, 6.07) is 3.50. The quantitative estimate of drug-likeness (QED) is 0.266. The van der Waals surface area contributed by atoms with Crippen LogP contribution in [0.3, 0.4) is 0 Å². The van der Waals surface area contributed by atoms with Crippen molar-refractivity contribution in [1.29, 1.82) is 0 Å². The molecule has 0 fully saturated rings. The molecule has 38 heavy (non-hydrogen) atoms. The van der Waals surface area contributed by atoms with Crippen LogP contribution in [0.5, 0.6) is 5.75 Å². The SMILES string of the molecule is CC[C@@]1(O)C(=O)OCC2=C1C=C1c3nc4cc(F)c5c(c4cc3CN1C2)CN(CCNOCCCN)CO5. The summed E-state index contributed by atoms with van der Waals surface area (Å²) < 4.78 is 26.2. The number of carbonyl (C=O) groups excluding carboxylic acids is 1. The molecule has 4 aliphatic rings. The third-order valence-electron chi connectivity index (χ3n) is 7.73. The number of rotatable bonds is 8. The van der Waals surface area contributed by atoms with Crippen LogP contribution in [0.4, 0.5) is 4.39 Å². The van der Waals surface area contributed by atoms with Crippen LogP contribution in [-0.2, 0) is 27.5 Å². The topological polar surface area (TPSA) is 122 Å². The van der Waals surface area contributed by atoms with Gasteiger partial charge in [-0.1, -0.05) is 6.92 Å². The van der Waals surface area contributed by atoms with Gasteiger partial charge in [0, 0.05) is 55.3 Å². The first-order chi connectivity index (χ1) is 18.4. The molecule has 10 nitrogen and oxygen atoms in total. The lowest BCUT2D eigenvalue weighted by Crippen LogP contribution is -2.47. The van der Waals surface area contributed by atoms with Gasteiger partial charge in [0.15, 0.2) is 17.2 Å². The zero-order valence-electron chi connectivity index (χ0n) is 21.4. The molecule has 0 aliphatic carbocycles.